The summed E-state index contributed by atoms with van der Waals surface area (Å²) in [5.41, 5.74) is 3.44. The van der Waals surface area contributed by atoms with Gasteiger partial charge in [0.25, 0.3) is 5.91 Å². The average molecular weight is 373 g/mol. The van der Waals surface area contributed by atoms with Crippen LogP contribution in [0.25, 0.3) is 0 Å². The van der Waals surface area contributed by atoms with E-state index in [0.29, 0.717) is 29.2 Å². The van der Waals surface area contributed by atoms with Crippen molar-refractivity contribution in [3.63, 3.8) is 0 Å². The minimum absolute atomic E-state index is 0.0218. The molecule has 140 valence electrons. The van der Waals surface area contributed by atoms with E-state index >= 15 is 0 Å². The van der Waals surface area contributed by atoms with E-state index in [9.17, 15) is 9.59 Å². The lowest BCUT2D eigenvalue weighted by atomic mass is 9.89. The van der Waals surface area contributed by atoms with E-state index < -0.39 is 0 Å². The summed E-state index contributed by atoms with van der Waals surface area (Å²) in [5, 5.41) is 2.63. The number of rotatable bonds is 5. The largest absolute Gasteiger partial charge is 0.491 e. The van der Waals surface area contributed by atoms with Crippen LogP contribution in [-0.4, -0.2) is 35.3 Å². The Labute approximate surface area is 162 Å². The van der Waals surface area contributed by atoms with Crippen molar-refractivity contribution in [2.75, 3.05) is 13.7 Å². The van der Waals surface area contributed by atoms with Gasteiger partial charge in [-0.25, -0.2) is 9.97 Å². The van der Waals surface area contributed by atoms with E-state index in [4.69, 9.17) is 4.74 Å². The van der Waals surface area contributed by atoms with Gasteiger partial charge in [0.05, 0.1) is 24.3 Å². The maximum Gasteiger partial charge on any atom is 0.254 e. The molecule has 0 radical (unpaired) electrons. The number of ketones is 1. The van der Waals surface area contributed by atoms with E-state index in [-0.39, 0.29) is 24.0 Å². The predicted molar refractivity (Wildman–Crippen MR) is 104 cm³/mol. The minimum Gasteiger partial charge on any atom is -0.491 e. The normalized spacial score (nSPS) is 14.8. The molecular formula is C22H19N3O3. The van der Waals surface area contributed by atoms with Gasteiger partial charge in [0.15, 0.2) is 5.78 Å². The Morgan fingerprint density at radius 2 is 2.00 bits per heavy atom. The van der Waals surface area contributed by atoms with Gasteiger partial charge in [-0.3, -0.25) is 9.59 Å². The van der Waals surface area contributed by atoms with Crippen LogP contribution in [0.15, 0.2) is 61.1 Å². The van der Waals surface area contributed by atoms with Gasteiger partial charge in [0.1, 0.15) is 12.1 Å². The lowest BCUT2D eigenvalue weighted by Crippen LogP contribution is -2.19. The van der Waals surface area contributed by atoms with Crippen LogP contribution in [0.5, 0.6) is 5.75 Å². The number of benzene rings is 2. The second kappa shape index (κ2) is 7.60. The number of hydrogen-bond donors (Lipinski definition) is 1. The van der Waals surface area contributed by atoms with Crippen LogP contribution in [0.3, 0.4) is 0 Å². The highest BCUT2D eigenvalue weighted by Gasteiger charge is 2.31. The summed E-state index contributed by atoms with van der Waals surface area (Å²) in [6.07, 6.45) is 3.17. The number of hydrogen-bond acceptors (Lipinski definition) is 5. The number of carbonyl (C=O) groups is 2. The second-order valence-corrected chi connectivity index (χ2v) is 6.60. The fourth-order valence-corrected chi connectivity index (χ4v) is 3.44. The molecule has 2 aromatic carbocycles. The SMILES string of the molecule is CNC(=O)c1cc(C(=O)Cc2ccncn2)cc2c1OCC2c1ccccc1. The third-order valence-corrected chi connectivity index (χ3v) is 4.87. The summed E-state index contributed by atoms with van der Waals surface area (Å²) in [5.74, 6) is 0.144. The van der Waals surface area contributed by atoms with Gasteiger partial charge in [0.2, 0.25) is 0 Å². The molecule has 4 rings (SSSR count). The maximum absolute atomic E-state index is 12.9. The van der Waals surface area contributed by atoms with Crippen molar-refractivity contribution in [1.82, 2.24) is 15.3 Å². The first kappa shape index (κ1) is 17.9. The fraction of sp³-hybridized carbons (Fsp3) is 0.182. The van der Waals surface area contributed by atoms with Gasteiger partial charge >= 0.3 is 0 Å². The van der Waals surface area contributed by atoms with E-state index in [2.05, 4.69) is 15.3 Å². The van der Waals surface area contributed by atoms with Crippen molar-refractivity contribution in [2.24, 2.45) is 0 Å². The standard InChI is InChI=1S/C22H19N3O3/c1-23-22(27)18-10-15(20(26)11-16-7-8-24-13-25-16)9-17-19(12-28-21(17)18)14-5-3-2-4-6-14/h2-10,13,19H,11-12H2,1H3,(H,23,27). The Bertz CT molecular complexity index is 1020. The predicted octanol–water partition coefficient (Wildman–Crippen LogP) is 2.79. The Balaban J connectivity index is 1.76. The number of ether oxygens (including phenoxy) is 1. The van der Waals surface area contributed by atoms with E-state index in [0.717, 1.165) is 11.1 Å². The molecule has 1 aliphatic heterocycles. The van der Waals surface area contributed by atoms with Gasteiger partial charge in [-0.2, -0.15) is 0 Å². The molecule has 28 heavy (non-hydrogen) atoms. The molecule has 2 heterocycles. The highest BCUT2D eigenvalue weighted by atomic mass is 16.5. The molecule has 0 saturated carbocycles. The van der Waals surface area contributed by atoms with Crippen LogP contribution in [0, 0.1) is 0 Å². The van der Waals surface area contributed by atoms with Crippen molar-refractivity contribution in [3.05, 3.63) is 89.0 Å². The summed E-state index contributed by atoms with van der Waals surface area (Å²) < 4.78 is 5.88. The Kier molecular flexibility index (Phi) is 4.85. The molecule has 6 nitrogen and oxygen atoms in total. The molecule has 1 N–H and O–H groups in total. The van der Waals surface area contributed by atoms with Gasteiger partial charge in [0, 0.05) is 30.3 Å². The minimum atomic E-state index is -0.276. The molecule has 1 amide bonds. The number of nitrogens with zero attached hydrogens (tertiary/aromatic N) is 2. The number of amides is 1. The maximum atomic E-state index is 12.9. The molecule has 0 saturated heterocycles. The molecule has 1 aliphatic rings. The highest BCUT2D eigenvalue weighted by Crippen LogP contribution is 2.41. The highest BCUT2D eigenvalue weighted by molar-refractivity contribution is 6.03. The quantitative estimate of drug-likeness (QED) is 0.696. The van der Waals surface area contributed by atoms with Crippen molar-refractivity contribution >= 4 is 11.7 Å². The first-order valence-electron chi connectivity index (χ1n) is 9.03. The van der Waals surface area contributed by atoms with Gasteiger partial charge in [-0.05, 0) is 23.8 Å². The zero-order valence-corrected chi connectivity index (χ0v) is 15.4. The summed E-state index contributed by atoms with van der Waals surface area (Å²) in [6.45, 7) is 0.437. The first-order valence-corrected chi connectivity index (χ1v) is 9.03. The van der Waals surface area contributed by atoms with E-state index in [1.807, 2.05) is 36.4 Å². The van der Waals surface area contributed by atoms with Crippen LogP contribution in [0.2, 0.25) is 0 Å². The molecule has 0 bridgehead atoms. The number of nitrogens with one attached hydrogen (secondary N) is 1. The molecule has 0 aliphatic carbocycles. The van der Waals surface area contributed by atoms with Crippen molar-refractivity contribution < 1.29 is 14.3 Å². The average Bonchev–Trinajstić information content (AvgIpc) is 3.18. The van der Waals surface area contributed by atoms with E-state index in [1.165, 1.54) is 6.33 Å². The molecule has 1 unspecified atom stereocenters. The molecule has 0 spiro atoms. The van der Waals surface area contributed by atoms with Crippen LogP contribution < -0.4 is 10.1 Å². The lowest BCUT2D eigenvalue weighted by Gasteiger charge is -2.12. The van der Waals surface area contributed by atoms with Gasteiger partial charge in [-0.1, -0.05) is 30.3 Å². The van der Waals surface area contributed by atoms with Crippen LogP contribution in [-0.2, 0) is 6.42 Å². The molecule has 0 fully saturated rings. The monoisotopic (exact) mass is 373 g/mol. The molecule has 3 aromatic rings. The molecule has 1 atom stereocenters. The zero-order chi connectivity index (χ0) is 19.5. The summed E-state index contributed by atoms with van der Waals surface area (Å²) in [7, 11) is 1.56. The number of Topliss-reactive ketones (excluding diaryl/α,β-unsaturated/α-hetero) is 1. The van der Waals surface area contributed by atoms with Crippen LogP contribution in [0.1, 0.15) is 43.5 Å². The second-order valence-electron chi connectivity index (χ2n) is 6.60. The summed E-state index contributed by atoms with van der Waals surface area (Å²) in [4.78, 5) is 33.3. The zero-order valence-electron chi connectivity index (χ0n) is 15.4. The Hall–Kier alpha value is -3.54. The smallest absolute Gasteiger partial charge is 0.254 e. The Morgan fingerprint density at radius 1 is 1.18 bits per heavy atom. The van der Waals surface area contributed by atoms with Crippen LogP contribution in [0.4, 0.5) is 0 Å². The molecular weight excluding hydrogens is 354 g/mol. The van der Waals surface area contributed by atoms with Crippen molar-refractivity contribution in [2.45, 2.75) is 12.3 Å². The number of fused-ring (bicyclic) bond motifs is 1. The Morgan fingerprint density at radius 3 is 2.71 bits per heavy atom. The first-order chi connectivity index (χ1) is 13.7. The van der Waals surface area contributed by atoms with Crippen LogP contribution >= 0.6 is 0 Å². The third-order valence-electron chi connectivity index (χ3n) is 4.87. The molecule has 6 heteroatoms. The summed E-state index contributed by atoms with van der Waals surface area (Å²) >= 11 is 0. The number of carbonyl (C=O) groups excluding carboxylic acids is 2. The third kappa shape index (κ3) is 3.36. The summed E-state index contributed by atoms with van der Waals surface area (Å²) in [6, 6.07) is 15.1. The molecule has 1 aromatic heterocycles. The van der Waals surface area contributed by atoms with Crippen molar-refractivity contribution in [3.8, 4) is 5.75 Å². The van der Waals surface area contributed by atoms with Crippen molar-refractivity contribution in [1.29, 1.82) is 0 Å². The van der Waals surface area contributed by atoms with E-state index in [1.54, 1.807) is 25.4 Å². The lowest BCUT2D eigenvalue weighted by molar-refractivity contribution is 0.0960. The topological polar surface area (TPSA) is 81.2 Å². The number of aromatic nitrogens is 2. The fourth-order valence-electron chi connectivity index (χ4n) is 3.44. The van der Waals surface area contributed by atoms with Gasteiger partial charge < -0.3 is 10.1 Å². The van der Waals surface area contributed by atoms with Gasteiger partial charge in [-0.15, -0.1) is 0 Å².